The van der Waals surface area contributed by atoms with Crippen molar-refractivity contribution in [1.29, 1.82) is 0 Å². The Morgan fingerprint density at radius 3 is 2.34 bits per heavy atom. The molecule has 0 radical (unpaired) electrons. The Hall–Kier alpha value is -2.04. The summed E-state index contributed by atoms with van der Waals surface area (Å²) in [5, 5.41) is 3.07. The highest BCUT2D eigenvalue weighted by Gasteiger charge is 2.27. The van der Waals surface area contributed by atoms with E-state index in [1.165, 1.54) is 5.56 Å². The minimum absolute atomic E-state index is 0.0129. The first kappa shape index (κ1) is 23.2. The van der Waals surface area contributed by atoms with Gasteiger partial charge in [0.1, 0.15) is 5.75 Å². The lowest BCUT2D eigenvalue weighted by Gasteiger charge is -2.34. The van der Waals surface area contributed by atoms with Crippen LogP contribution in [0.15, 0.2) is 18.2 Å². The summed E-state index contributed by atoms with van der Waals surface area (Å²) in [5.74, 6) is 1.05. The molecule has 1 fully saturated rings. The van der Waals surface area contributed by atoms with Gasteiger partial charge in [-0.2, -0.15) is 0 Å². The Balaban J connectivity index is 1.84. The highest BCUT2D eigenvalue weighted by molar-refractivity contribution is 5.79. The number of carbonyl (C=O) groups excluding carboxylic acids is 2. The van der Waals surface area contributed by atoms with Crippen LogP contribution in [0.2, 0.25) is 0 Å². The molecule has 5 heteroatoms. The number of rotatable bonds is 7. The molecule has 0 spiro atoms. The monoisotopic (exact) mass is 402 g/mol. The average molecular weight is 403 g/mol. The molecule has 1 aliphatic heterocycles. The maximum atomic E-state index is 12.5. The van der Waals surface area contributed by atoms with Crippen molar-refractivity contribution in [2.75, 3.05) is 19.7 Å². The molecule has 5 nitrogen and oxygen atoms in total. The highest BCUT2D eigenvalue weighted by Crippen LogP contribution is 2.32. The van der Waals surface area contributed by atoms with Crippen molar-refractivity contribution < 1.29 is 14.3 Å². The van der Waals surface area contributed by atoms with Crippen molar-refractivity contribution in [3.63, 3.8) is 0 Å². The van der Waals surface area contributed by atoms with Crippen LogP contribution < -0.4 is 10.1 Å². The summed E-state index contributed by atoms with van der Waals surface area (Å²) >= 11 is 0. The molecule has 0 unspecified atom stereocenters. The van der Waals surface area contributed by atoms with Gasteiger partial charge in [0.15, 0.2) is 6.61 Å². The summed E-state index contributed by atoms with van der Waals surface area (Å²) in [6, 6.07) is 6.19. The lowest BCUT2D eigenvalue weighted by molar-refractivity contribution is -0.137. The number of likely N-dealkylation sites (tertiary alicyclic amines) is 1. The maximum Gasteiger partial charge on any atom is 0.258 e. The van der Waals surface area contributed by atoms with Crippen LogP contribution in [0.3, 0.4) is 0 Å². The fourth-order valence-corrected chi connectivity index (χ4v) is 3.91. The third-order valence-corrected chi connectivity index (χ3v) is 5.81. The second-order valence-corrected chi connectivity index (χ2v) is 9.22. The molecular weight excluding hydrogens is 364 g/mol. The van der Waals surface area contributed by atoms with Crippen LogP contribution in [0.1, 0.15) is 71.4 Å². The third-order valence-electron chi connectivity index (χ3n) is 5.81. The zero-order valence-electron chi connectivity index (χ0n) is 19.0. The largest absolute Gasteiger partial charge is 0.483 e. The molecule has 0 atom stereocenters. The fraction of sp³-hybridized carbons (Fsp3) is 0.667. The van der Waals surface area contributed by atoms with E-state index < -0.39 is 0 Å². The molecule has 2 amide bonds. The van der Waals surface area contributed by atoms with Gasteiger partial charge in [0.2, 0.25) is 5.91 Å². The van der Waals surface area contributed by atoms with Crippen LogP contribution in [-0.2, 0) is 15.0 Å². The number of benzene rings is 1. The Morgan fingerprint density at radius 2 is 1.79 bits per heavy atom. The number of ether oxygens (including phenoxy) is 1. The van der Waals surface area contributed by atoms with Crippen molar-refractivity contribution in [3.05, 3.63) is 29.3 Å². The highest BCUT2D eigenvalue weighted by atomic mass is 16.5. The first-order valence-corrected chi connectivity index (χ1v) is 11.0. The van der Waals surface area contributed by atoms with E-state index in [0.29, 0.717) is 13.1 Å². The van der Waals surface area contributed by atoms with Crippen molar-refractivity contribution in [1.82, 2.24) is 10.2 Å². The molecule has 1 heterocycles. The molecule has 29 heavy (non-hydrogen) atoms. The number of hydrogen-bond acceptors (Lipinski definition) is 3. The fourth-order valence-electron chi connectivity index (χ4n) is 3.91. The van der Waals surface area contributed by atoms with Crippen molar-refractivity contribution in [3.8, 4) is 5.75 Å². The van der Waals surface area contributed by atoms with Crippen LogP contribution in [-0.4, -0.2) is 42.5 Å². The van der Waals surface area contributed by atoms with Gasteiger partial charge < -0.3 is 15.0 Å². The van der Waals surface area contributed by atoms with Crippen LogP contribution in [0.4, 0.5) is 0 Å². The molecular formula is C24H38N2O3. The number of nitrogens with one attached hydrogen (secondary N) is 1. The molecule has 0 aliphatic carbocycles. The van der Waals surface area contributed by atoms with E-state index in [1.807, 2.05) is 17.0 Å². The summed E-state index contributed by atoms with van der Waals surface area (Å²) in [6.45, 7) is 14.1. The molecule has 1 aliphatic rings. The van der Waals surface area contributed by atoms with Crippen molar-refractivity contribution in [2.24, 2.45) is 5.92 Å². The minimum atomic E-state index is -0.102. The zero-order chi connectivity index (χ0) is 21.6. The molecule has 1 saturated heterocycles. The van der Waals surface area contributed by atoms with Gasteiger partial charge in [0.25, 0.3) is 5.91 Å². The lowest BCUT2D eigenvalue weighted by atomic mass is 9.85. The standard InChI is InChI=1S/C24H38N2O3/c1-7-18(8-2)23(28)26-13-11-19(12-14-26)25-22(27)16-29-21-10-9-17(3)15-20(21)24(4,5)6/h9-10,15,18-19H,7-8,11-14,16H2,1-6H3,(H,25,27). The third kappa shape index (κ3) is 6.48. The normalized spacial score (nSPS) is 15.5. The van der Waals surface area contributed by atoms with E-state index in [4.69, 9.17) is 4.74 Å². The van der Waals surface area contributed by atoms with Crippen LogP contribution in [0.5, 0.6) is 5.75 Å². The van der Waals surface area contributed by atoms with Crippen molar-refractivity contribution >= 4 is 11.8 Å². The summed E-state index contributed by atoms with van der Waals surface area (Å²) < 4.78 is 5.87. The zero-order valence-corrected chi connectivity index (χ0v) is 19.0. The molecule has 1 aromatic carbocycles. The molecule has 1 N–H and O–H groups in total. The first-order valence-electron chi connectivity index (χ1n) is 11.0. The number of aryl methyl sites for hydroxylation is 1. The van der Waals surface area contributed by atoms with E-state index in [2.05, 4.69) is 52.9 Å². The SMILES string of the molecule is CCC(CC)C(=O)N1CCC(NC(=O)COc2ccc(C)cc2C(C)(C)C)CC1. The number of hydrogen-bond donors (Lipinski definition) is 1. The lowest BCUT2D eigenvalue weighted by Crippen LogP contribution is -2.48. The Morgan fingerprint density at radius 1 is 1.17 bits per heavy atom. The van der Waals surface area contributed by atoms with E-state index in [0.717, 1.165) is 37.0 Å². The molecule has 0 bridgehead atoms. The van der Waals surface area contributed by atoms with Crippen LogP contribution in [0.25, 0.3) is 0 Å². The van der Waals surface area contributed by atoms with E-state index in [9.17, 15) is 9.59 Å². The van der Waals surface area contributed by atoms with Gasteiger partial charge in [0.05, 0.1) is 0 Å². The molecule has 0 saturated carbocycles. The van der Waals surface area contributed by atoms with Crippen molar-refractivity contribution in [2.45, 2.75) is 78.7 Å². The first-order chi connectivity index (χ1) is 13.7. The van der Waals surface area contributed by atoms with Gasteiger partial charge in [-0.3, -0.25) is 9.59 Å². The number of amides is 2. The molecule has 162 valence electrons. The predicted octanol–water partition coefficient (Wildman–Crippen LogP) is 4.21. The quantitative estimate of drug-likeness (QED) is 0.743. The predicted molar refractivity (Wildman–Crippen MR) is 117 cm³/mol. The van der Waals surface area contributed by atoms with E-state index in [1.54, 1.807) is 0 Å². The summed E-state index contributed by atoms with van der Waals surface area (Å²) in [5.41, 5.74) is 2.24. The Labute approximate surface area is 176 Å². The molecule has 0 aromatic heterocycles. The summed E-state index contributed by atoms with van der Waals surface area (Å²) in [6.07, 6.45) is 3.38. The Bertz CT molecular complexity index is 697. The van der Waals surface area contributed by atoms with Gasteiger partial charge in [-0.25, -0.2) is 0 Å². The average Bonchev–Trinajstić information content (AvgIpc) is 2.67. The minimum Gasteiger partial charge on any atom is -0.483 e. The summed E-state index contributed by atoms with van der Waals surface area (Å²) in [4.78, 5) is 26.9. The van der Waals surface area contributed by atoms with Gasteiger partial charge in [-0.15, -0.1) is 0 Å². The molecule has 1 aromatic rings. The van der Waals surface area contributed by atoms with Gasteiger partial charge in [-0.05, 0) is 49.7 Å². The van der Waals surface area contributed by atoms with E-state index >= 15 is 0 Å². The topological polar surface area (TPSA) is 58.6 Å². The van der Waals surface area contributed by atoms with Gasteiger partial charge in [-0.1, -0.05) is 52.3 Å². The number of nitrogens with zero attached hydrogens (tertiary/aromatic N) is 1. The Kier molecular flexibility index (Phi) is 8.12. The van der Waals surface area contributed by atoms with Crippen LogP contribution in [0, 0.1) is 12.8 Å². The second kappa shape index (κ2) is 10.1. The maximum absolute atomic E-state index is 12.5. The summed E-state index contributed by atoms with van der Waals surface area (Å²) in [7, 11) is 0. The molecule has 2 rings (SSSR count). The smallest absolute Gasteiger partial charge is 0.258 e. The number of piperidine rings is 1. The van der Waals surface area contributed by atoms with Gasteiger partial charge >= 0.3 is 0 Å². The van der Waals surface area contributed by atoms with Crippen LogP contribution >= 0.6 is 0 Å². The van der Waals surface area contributed by atoms with E-state index in [-0.39, 0.29) is 35.8 Å². The number of carbonyl (C=O) groups is 2. The van der Waals surface area contributed by atoms with Gasteiger partial charge in [0, 0.05) is 25.0 Å². The second-order valence-electron chi connectivity index (χ2n) is 9.22.